The summed E-state index contributed by atoms with van der Waals surface area (Å²) >= 11 is 0. The van der Waals surface area contributed by atoms with E-state index in [0.29, 0.717) is 11.6 Å². The molecule has 0 saturated heterocycles. The van der Waals surface area contributed by atoms with Crippen molar-refractivity contribution < 1.29 is 14.4 Å². The van der Waals surface area contributed by atoms with Crippen LogP contribution in [0.1, 0.15) is 18.5 Å². The zero-order chi connectivity index (χ0) is 15.4. The maximum atomic E-state index is 10.9. The van der Waals surface area contributed by atoms with Crippen molar-refractivity contribution in [2.45, 2.75) is 13.0 Å². The maximum absolute atomic E-state index is 10.9. The Balaban J connectivity index is 2.23. The van der Waals surface area contributed by atoms with Gasteiger partial charge >= 0.3 is 5.69 Å². The number of aromatic nitrogens is 1. The van der Waals surface area contributed by atoms with Crippen LogP contribution in [0, 0.1) is 10.1 Å². The minimum atomic E-state index is -0.529. The number of nitro groups is 1. The molecule has 21 heavy (non-hydrogen) atoms. The van der Waals surface area contributed by atoms with Gasteiger partial charge in [-0.1, -0.05) is 6.07 Å². The number of ether oxygens (including phenoxy) is 2. The summed E-state index contributed by atoms with van der Waals surface area (Å²) < 4.78 is 10.4. The van der Waals surface area contributed by atoms with Gasteiger partial charge in [-0.2, -0.15) is 0 Å². The Morgan fingerprint density at radius 2 is 2.10 bits per heavy atom. The van der Waals surface area contributed by atoms with Crippen LogP contribution >= 0.6 is 0 Å². The zero-order valence-corrected chi connectivity index (χ0v) is 11.6. The Kier molecular flexibility index (Phi) is 4.34. The van der Waals surface area contributed by atoms with Gasteiger partial charge in [0.15, 0.2) is 5.75 Å². The van der Waals surface area contributed by atoms with E-state index in [0.717, 1.165) is 5.56 Å². The number of hydrogen-bond acceptors (Lipinski definition) is 6. The van der Waals surface area contributed by atoms with Gasteiger partial charge in [0.1, 0.15) is 5.75 Å². The number of hydrogen-bond donors (Lipinski definition) is 1. The summed E-state index contributed by atoms with van der Waals surface area (Å²) in [4.78, 5) is 14.5. The van der Waals surface area contributed by atoms with Crippen LogP contribution in [0.5, 0.6) is 17.4 Å². The first-order valence-corrected chi connectivity index (χ1v) is 6.23. The second kappa shape index (κ2) is 6.19. The van der Waals surface area contributed by atoms with E-state index in [4.69, 9.17) is 15.2 Å². The molecule has 0 aliphatic carbocycles. The Labute approximate surface area is 121 Å². The number of methoxy groups -OCH3 is 1. The average Bonchev–Trinajstić information content (AvgIpc) is 2.47. The van der Waals surface area contributed by atoms with Crippen molar-refractivity contribution in [2.75, 3.05) is 7.11 Å². The fourth-order valence-corrected chi connectivity index (χ4v) is 1.72. The van der Waals surface area contributed by atoms with Crippen LogP contribution in [-0.2, 0) is 0 Å². The Bertz CT molecular complexity index is 641. The van der Waals surface area contributed by atoms with E-state index in [2.05, 4.69) is 4.98 Å². The van der Waals surface area contributed by atoms with Crippen LogP contribution in [-0.4, -0.2) is 17.0 Å². The van der Waals surface area contributed by atoms with Crippen LogP contribution in [0.4, 0.5) is 5.69 Å². The van der Waals surface area contributed by atoms with E-state index in [1.807, 2.05) is 6.92 Å². The summed E-state index contributed by atoms with van der Waals surface area (Å²) in [6, 6.07) is 7.69. The summed E-state index contributed by atoms with van der Waals surface area (Å²) in [5.74, 6) is 0.815. The molecule has 110 valence electrons. The van der Waals surface area contributed by atoms with E-state index in [-0.39, 0.29) is 17.5 Å². The molecule has 7 nitrogen and oxygen atoms in total. The van der Waals surface area contributed by atoms with Crippen LogP contribution in [0.25, 0.3) is 0 Å². The summed E-state index contributed by atoms with van der Waals surface area (Å²) in [6.07, 6.45) is 1.61. The molecular formula is C14H15N3O4. The first-order chi connectivity index (χ1) is 10.0. The van der Waals surface area contributed by atoms with Crippen molar-refractivity contribution in [1.82, 2.24) is 4.98 Å². The molecule has 2 rings (SSSR count). The molecule has 0 spiro atoms. The highest BCUT2D eigenvalue weighted by molar-refractivity contribution is 5.51. The first-order valence-electron chi connectivity index (χ1n) is 6.23. The lowest BCUT2D eigenvalue weighted by Crippen LogP contribution is -2.05. The molecule has 2 N–H and O–H groups in total. The molecule has 1 aromatic heterocycles. The molecule has 0 saturated carbocycles. The SMILES string of the molecule is COc1ccc(Oc2ccc([C@H](C)N)cn2)cc1[N+](=O)[O-]. The molecular weight excluding hydrogens is 274 g/mol. The van der Waals surface area contributed by atoms with Gasteiger partial charge in [-0.25, -0.2) is 4.98 Å². The quantitative estimate of drug-likeness (QED) is 0.671. The Morgan fingerprint density at radius 3 is 2.62 bits per heavy atom. The van der Waals surface area contributed by atoms with Gasteiger partial charge in [-0.05, 0) is 24.6 Å². The molecule has 0 fully saturated rings. The molecule has 0 bridgehead atoms. The smallest absolute Gasteiger partial charge is 0.314 e. The molecule has 0 amide bonds. The second-order valence-electron chi connectivity index (χ2n) is 4.41. The third-order valence-corrected chi connectivity index (χ3v) is 2.85. The molecule has 2 aromatic rings. The molecule has 1 heterocycles. The fraction of sp³-hybridized carbons (Fsp3) is 0.214. The van der Waals surface area contributed by atoms with Gasteiger partial charge in [0.25, 0.3) is 0 Å². The summed E-state index contributed by atoms with van der Waals surface area (Å²) in [5.41, 5.74) is 6.44. The van der Waals surface area contributed by atoms with Gasteiger partial charge in [-0.3, -0.25) is 10.1 Å². The first kappa shape index (κ1) is 14.7. The lowest BCUT2D eigenvalue weighted by molar-refractivity contribution is -0.385. The monoisotopic (exact) mass is 289 g/mol. The lowest BCUT2D eigenvalue weighted by atomic mass is 10.2. The molecule has 1 atom stereocenters. The van der Waals surface area contributed by atoms with E-state index in [9.17, 15) is 10.1 Å². The number of nitrogens with two attached hydrogens (primary N) is 1. The fourth-order valence-electron chi connectivity index (χ4n) is 1.72. The lowest BCUT2D eigenvalue weighted by Gasteiger charge is -2.08. The Hall–Kier alpha value is -2.67. The van der Waals surface area contributed by atoms with Crippen LogP contribution in [0.3, 0.4) is 0 Å². The average molecular weight is 289 g/mol. The van der Waals surface area contributed by atoms with Gasteiger partial charge < -0.3 is 15.2 Å². The minimum Gasteiger partial charge on any atom is -0.490 e. The summed E-state index contributed by atoms with van der Waals surface area (Å²) in [7, 11) is 1.37. The highest BCUT2D eigenvalue weighted by Crippen LogP contribution is 2.32. The molecule has 0 aliphatic heterocycles. The predicted octanol–water partition coefficient (Wildman–Crippen LogP) is 2.81. The zero-order valence-electron chi connectivity index (χ0n) is 11.6. The van der Waals surface area contributed by atoms with E-state index in [1.54, 1.807) is 24.4 Å². The normalized spacial score (nSPS) is 11.8. The molecule has 0 unspecified atom stereocenters. The van der Waals surface area contributed by atoms with Gasteiger partial charge in [0.05, 0.1) is 18.1 Å². The van der Waals surface area contributed by atoms with Gasteiger partial charge in [-0.15, -0.1) is 0 Å². The number of pyridine rings is 1. The highest BCUT2D eigenvalue weighted by atomic mass is 16.6. The highest BCUT2D eigenvalue weighted by Gasteiger charge is 2.16. The molecule has 7 heteroatoms. The van der Waals surface area contributed by atoms with Crippen LogP contribution < -0.4 is 15.2 Å². The standard InChI is InChI=1S/C14H15N3O4/c1-9(15)10-3-6-14(16-8-10)21-11-4-5-13(20-2)12(7-11)17(18)19/h3-9H,15H2,1-2H3/t9-/m0/s1. The van der Waals surface area contributed by atoms with Crippen molar-refractivity contribution in [3.8, 4) is 17.4 Å². The van der Waals surface area contributed by atoms with Crippen LogP contribution in [0.15, 0.2) is 36.5 Å². The van der Waals surface area contributed by atoms with E-state index < -0.39 is 4.92 Å². The largest absolute Gasteiger partial charge is 0.490 e. The van der Waals surface area contributed by atoms with E-state index >= 15 is 0 Å². The van der Waals surface area contributed by atoms with E-state index in [1.165, 1.54) is 19.2 Å². The van der Waals surface area contributed by atoms with Gasteiger partial charge in [0.2, 0.25) is 5.88 Å². The predicted molar refractivity (Wildman–Crippen MR) is 76.6 cm³/mol. The van der Waals surface area contributed by atoms with Crippen LogP contribution in [0.2, 0.25) is 0 Å². The second-order valence-corrected chi connectivity index (χ2v) is 4.41. The number of rotatable bonds is 5. The molecule has 1 aromatic carbocycles. The number of nitrogens with zero attached hydrogens (tertiary/aromatic N) is 2. The number of nitro benzene ring substituents is 1. The van der Waals surface area contributed by atoms with Crippen molar-refractivity contribution in [3.05, 3.63) is 52.2 Å². The van der Waals surface area contributed by atoms with Gasteiger partial charge in [0, 0.05) is 18.3 Å². The minimum absolute atomic E-state index is 0.117. The molecule has 0 radical (unpaired) electrons. The van der Waals surface area contributed by atoms with Crippen molar-refractivity contribution in [3.63, 3.8) is 0 Å². The summed E-state index contributed by atoms with van der Waals surface area (Å²) in [5, 5.41) is 10.9. The topological polar surface area (TPSA) is 101 Å². The number of benzene rings is 1. The summed E-state index contributed by atoms with van der Waals surface area (Å²) in [6.45, 7) is 1.85. The van der Waals surface area contributed by atoms with Crippen molar-refractivity contribution in [1.29, 1.82) is 0 Å². The van der Waals surface area contributed by atoms with Crippen molar-refractivity contribution >= 4 is 5.69 Å². The third kappa shape index (κ3) is 3.46. The molecule has 0 aliphatic rings. The Morgan fingerprint density at radius 1 is 1.33 bits per heavy atom. The third-order valence-electron chi connectivity index (χ3n) is 2.85. The van der Waals surface area contributed by atoms with Crippen molar-refractivity contribution in [2.24, 2.45) is 5.73 Å². The maximum Gasteiger partial charge on any atom is 0.314 e.